The fourth-order valence-corrected chi connectivity index (χ4v) is 2.43. The van der Waals surface area contributed by atoms with Crippen molar-refractivity contribution in [1.82, 2.24) is 9.97 Å². The molecule has 0 atom stereocenters. The molecule has 6 heteroatoms. The smallest absolute Gasteiger partial charge is 0.307 e. The molecule has 6 nitrogen and oxygen atoms in total. The Morgan fingerprint density at radius 2 is 2.04 bits per heavy atom. The molecule has 0 aliphatic heterocycles. The largest absolute Gasteiger partial charge is 0.496 e. The number of nitrogens with zero attached hydrogens (tertiary/aromatic N) is 1. The van der Waals surface area contributed by atoms with E-state index in [4.69, 9.17) is 9.84 Å². The van der Waals surface area contributed by atoms with Crippen LogP contribution in [0.1, 0.15) is 5.56 Å². The molecule has 1 aromatic heterocycles. The van der Waals surface area contributed by atoms with Crippen LogP contribution in [-0.4, -0.2) is 28.2 Å². The van der Waals surface area contributed by atoms with Gasteiger partial charge in [0.15, 0.2) is 0 Å². The molecule has 2 N–H and O–H groups in total. The normalized spacial score (nSPS) is 10.7. The fraction of sp³-hybridized carbons (Fsp3) is 0.118. The highest BCUT2D eigenvalue weighted by Gasteiger charge is 2.12. The number of aromatic nitrogens is 2. The van der Waals surface area contributed by atoms with E-state index >= 15 is 0 Å². The van der Waals surface area contributed by atoms with Crippen molar-refractivity contribution in [3.05, 3.63) is 58.4 Å². The number of nitrogens with one attached hydrogen (secondary N) is 1. The topological polar surface area (TPSA) is 92.3 Å². The van der Waals surface area contributed by atoms with Gasteiger partial charge < -0.3 is 14.8 Å². The van der Waals surface area contributed by atoms with Gasteiger partial charge in [-0.1, -0.05) is 18.2 Å². The number of ether oxygens (including phenoxy) is 1. The Kier molecular flexibility index (Phi) is 3.80. The van der Waals surface area contributed by atoms with Crippen molar-refractivity contribution >= 4 is 16.9 Å². The molecular formula is C17H14N2O4. The van der Waals surface area contributed by atoms with Gasteiger partial charge in [0.25, 0.3) is 5.56 Å². The first-order valence-corrected chi connectivity index (χ1v) is 6.96. The number of carboxylic acids is 1. The van der Waals surface area contributed by atoms with Crippen LogP contribution in [-0.2, 0) is 11.2 Å². The van der Waals surface area contributed by atoms with Crippen LogP contribution in [0.2, 0.25) is 0 Å². The van der Waals surface area contributed by atoms with Gasteiger partial charge in [-0.05, 0) is 29.8 Å². The summed E-state index contributed by atoms with van der Waals surface area (Å²) in [6.45, 7) is 0. The van der Waals surface area contributed by atoms with Crippen molar-refractivity contribution in [2.45, 2.75) is 6.42 Å². The Bertz CT molecular complexity index is 947. The molecule has 2 aromatic carbocycles. The van der Waals surface area contributed by atoms with E-state index in [0.29, 0.717) is 33.6 Å². The number of methoxy groups -OCH3 is 1. The van der Waals surface area contributed by atoms with Gasteiger partial charge in [0.1, 0.15) is 11.6 Å². The lowest BCUT2D eigenvalue weighted by Gasteiger charge is -2.10. The fourth-order valence-electron chi connectivity index (χ4n) is 2.43. The summed E-state index contributed by atoms with van der Waals surface area (Å²) < 4.78 is 5.32. The Labute approximate surface area is 131 Å². The second-order valence-corrected chi connectivity index (χ2v) is 5.04. The summed E-state index contributed by atoms with van der Waals surface area (Å²) in [5.41, 5.74) is 1.57. The first-order chi connectivity index (χ1) is 11.1. The zero-order chi connectivity index (χ0) is 16.4. The highest BCUT2D eigenvalue weighted by Crippen LogP contribution is 2.28. The molecule has 0 radical (unpaired) electrons. The van der Waals surface area contributed by atoms with Crippen molar-refractivity contribution in [2.24, 2.45) is 0 Å². The number of aliphatic carboxylic acids is 1. The molecule has 3 aromatic rings. The van der Waals surface area contributed by atoms with E-state index in [2.05, 4.69) is 9.97 Å². The van der Waals surface area contributed by atoms with E-state index in [1.54, 1.807) is 36.4 Å². The minimum atomic E-state index is -0.919. The number of para-hydroxylation sites is 1. The van der Waals surface area contributed by atoms with Gasteiger partial charge in [-0.2, -0.15) is 0 Å². The summed E-state index contributed by atoms with van der Waals surface area (Å²) in [5, 5.41) is 9.38. The molecule has 1 heterocycles. The summed E-state index contributed by atoms with van der Waals surface area (Å²) in [4.78, 5) is 30.2. The number of H-pyrrole nitrogens is 1. The van der Waals surface area contributed by atoms with Gasteiger partial charge in [-0.3, -0.25) is 9.59 Å². The predicted octanol–water partition coefficient (Wildman–Crippen LogP) is 2.23. The van der Waals surface area contributed by atoms with Crippen LogP contribution in [0.4, 0.5) is 0 Å². The van der Waals surface area contributed by atoms with Crippen LogP contribution in [0.25, 0.3) is 22.3 Å². The average Bonchev–Trinajstić information content (AvgIpc) is 2.54. The number of carboxylic acid groups (broad SMARTS) is 1. The molecule has 0 fully saturated rings. The van der Waals surface area contributed by atoms with E-state index in [0.717, 1.165) is 0 Å². The second-order valence-electron chi connectivity index (χ2n) is 5.04. The van der Waals surface area contributed by atoms with E-state index in [9.17, 15) is 9.59 Å². The second kappa shape index (κ2) is 5.92. The van der Waals surface area contributed by atoms with E-state index < -0.39 is 5.97 Å². The Morgan fingerprint density at radius 1 is 1.26 bits per heavy atom. The zero-order valence-electron chi connectivity index (χ0n) is 12.4. The first kappa shape index (κ1) is 14.8. The average molecular weight is 310 g/mol. The maximum Gasteiger partial charge on any atom is 0.307 e. The van der Waals surface area contributed by atoms with Crippen molar-refractivity contribution in [3.8, 4) is 17.1 Å². The van der Waals surface area contributed by atoms with E-state index in [1.165, 1.54) is 7.11 Å². The molecule has 0 bridgehead atoms. The molecule has 0 amide bonds. The predicted molar refractivity (Wildman–Crippen MR) is 85.7 cm³/mol. The third-order valence-electron chi connectivity index (χ3n) is 3.49. The molecule has 23 heavy (non-hydrogen) atoms. The highest BCUT2D eigenvalue weighted by molar-refractivity contribution is 5.80. The van der Waals surface area contributed by atoms with Crippen LogP contribution in [0.5, 0.6) is 5.75 Å². The monoisotopic (exact) mass is 310 g/mol. The van der Waals surface area contributed by atoms with Gasteiger partial charge in [0.2, 0.25) is 0 Å². The van der Waals surface area contributed by atoms with Gasteiger partial charge >= 0.3 is 5.97 Å². The maximum atomic E-state index is 12.2. The lowest BCUT2D eigenvalue weighted by atomic mass is 10.1. The lowest BCUT2D eigenvalue weighted by Crippen LogP contribution is -2.10. The van der Waals surface area contributed by atoms with Crippen LogP contribution >= 0.6 is 0 Å². The summed E-state index contributed by atoms with van der Waals surface area (Å²) in [6.07, 6.45) is -0.0989. The Balaban J connectivity index is 2.14. The molecule has 116 valence electrons. The number of aromatic amines is 1. The van der Waals surface area contributed by atoms with E-state index in [-0.39, 0.29) is 12.0 Å². The van der Waals surface area contributed by atoms with Gasteiger partial charge in [0, 0.05) is 0 Å². The molecule has 3 rings (SSSR count). The summed E-state index contributed by atoms with van der Waals surface area (Å²) in [6, 6.07) is 12.1. The van der Waals surface area contributed by atoms with Crippen LogP contribution in [0.15, 0.2) is 47.3 Å². The molecule has 0 aliphatic carbocycles. The van der Waals surface area contributed by atoms with Gasteiger partial charge in [-0.15, -0.1) is 0 Å². The Hall–Kier alpha value is -3.15. The minimum Gasteiger partial charge on any atom is -0.496 e. The number of hydrogen-bond acceptors (Lipinski definition) is 4. The van der Waals surface area contributed by atoms with E-state index in [1.807, 2.05) is 6.07 Å². The van der Waals surface area contributed by atoms with Crippen LogP contribution in [0, 0.1) is 0 Å². The van der Waals surface area contributed by atoms with Crippen molar-refractivity contribution < 1.29 is 14.6 Å². The standard InChI is InChI=1S/C17H14N2O4/c1-23-14-8-10(9-15(20)21)6-7-12(14)16-18-13-5-3-2-4-11(13)17(22)19-16/h2-8H,9H2,1H3,(H,20,21)(H,18,19,22). The third kappa shape index (κ3) is 2.91. The molecule has 0 unspecified atom stereocenters. The van der Waals surface area contributed by atoms with Gasteiger partial charge in [0.05, 0.1) is 30.0 Å². The highest BCUT2D eigenvalue weighted by atomic mass is 16.5. The quantitative estimate of drug-likeness (QED) is 0.771. The molecule has 0 saturated heterocycles. The first-order valence-electron chi connectivity index (χ1n) is 6.96. The summed E-state index contributed by atoms with van der Waals surface area (Å²) in [5.74, 6) is -0.0772. The minimum absolute atomic E-state index is 0.0989. The SMILES string of the molecule is COc1cc(CC(=O)O)ccc1-c1nc2ccccc2c(=O)[nH]1. The van der Waals surface area contributed by atoms with Crippen molar-refractivity contribution in [2.75, 3.05) is 7.11 Å². The molecule has 0 saturated carbocycles. The van der Waals surface area contributed by atoms with Crippen molar-refractivity contribution in [3.63, 3.8) is 0 Å². The Morgan fingerprint density at radius 3 is 2.78 bits per heavy atom. The maximum absolute atomic E-state index is 12.2. The number of fused-ring (bicyclic) bond motifs is 1. The van der Waals surface area contributed by atoms with Crippen LogP contribution < -0.4 is 10.3 Å². The number of hydrogen-bond donors (Lipinski definition) is 2. The van der Waals surface area contributed by atoms with Crippen LogP contribution in [0.3, 0.4) is 0 Å². The number of carbonyl (C=O) groups is 1. The molecular weight excluding hydrogens is 296 g/mol. The molecule has 0 spiro atoms. The number of rotatable bonds is 4. The number of benzene rings is 2. The third-order valence-corrected chi connectivity index (χ3v) is 3.49. The molecule has 0 aliphatic rings. The van der Waals surface area contributed by atoms with Gasteiger partial charge in [-0.25, -0.2) is 4.98 Å². The summed E-state index contributed by atoms with van der Waals surface area (Å²) in [7, 11) is 1.49. The lowest BCUT2D eigenvalue weighted by molar-refractivity contribution is -0.136. The summed E-state index contributed by atoms with van der Waals surface area (Å²) >= 11 is 0. The zero-order valence-corrected chi connectivity index (χ0v) is 12.4. The van der Waals surface area contributed by atoms with Crippen molar-refractivity contribution in [1.29, 1.82) is 0 Å².